The van der Waals surface area contributed by atoms with Crippen molar-refractivity contribution in [1.82, 2.24) is 5.32 Å². The maximum Gasteiger partial charge on any atom is 0.407 e. The molecule has 2 N–H and O–H groups in total. The molecule has 0 radical (unpaired) electrons. The van der Waals surface area contributed by atoms with Crippen molar-refractivity contribution >= 4 is 12.1 Å². The molecule has 0 spiro atoms. The van der Waals surface area contributed by atoms with Crippen molar-refractivity contribution in [3.63, 3.8) is 0 Å². The number of carboxylic acid groups (broad SMARTS) is 1. The highest BCUT2D eigenvalue weighted by molar-refractivity contribution is 5.81. The first-order chi connectivity index (χ1) is 13.0. The lowest BCUT2D eigenvalue weighted by Crippen LogP contribution is -2.45. The zero-order chi connectivity index (χ0) is 19.4. The highest BCUT2D eigenvalue weighted by atomic mass is 16.5. The smallest absolute Gasteiger partial charge is 0.407 e. The van der Waals surface area contributed by atoms with Gasteiger partial charge in [0, 0.05) is 11.8 Å². The normalized spacial score (nSPS) is 14.1. The monoisotopic (exact) mass is 363 g/mol. The molecule has 1 amide bonds. The Morgan fingerprint density at radius 3 is 2.19 bits per heavy atom. The summed E-state index contributed by atoms with van der Waals surface area (Å²) >= 11 is 0. The number of aliphatic carboxylic acids is 1. The number of hydrogen-bond donors (Lipinski definition) is 2. The van der Waals surface area contributed by atoms with Crippen LogP contribution in [0.1, 0.15) is 30.9 Å². The summed E-state index contributed by atoms with van der Waals surface area (Å²) < 4.78 is 5.39. The summed E-state index contributed by atoms with van der Waals surface area (Å²) in [6, 6.07) is 14.9. The number of carbonyl (C=O) groups is 2. The van der Waals surface area contributed by atoms with Gasteiger partial charge >= 0.3 is 12.1 Å². The first-order valence-corrected chi connectivity index (χ1v) is 8.79. The second-order valence-corrected chi connectivity index (χ2v) is 6.47. The molecule has 0 aromatic heterocycles. The molecule has 1 aliphatic rings. The number of amides is 1. The number of ether oxygens (including phenoxy) is 1. The minimum absolute atomic E-state index is 0.0701. The fourth-order valence-electron chi connectivity index (χ4n) is 3.48. The van der Waals surface area contributed by atoms with Gasteiger partial charge in [0.15, 0.2) is 0 Å². The molecule has 2 atom stereocenters. The average Bonchev–Trinajstić information content (AvgIpc) is 2.98. The first kappa shape index (κ1) is 18.5. The molecule has 5 heteroatoms. The number of fused-ring (bicyclic) bond motifs is 3. The second-order valence-electron chi connectivity index (χ2n) is 6.47. The Kier molecular flexibility index (Phi) is 5.46. The van der Waals surface area contributed by atoms with Crippen LogP contribution in [0.15, 0.2) is 48.5 Å². The van der Waals surface area contributed by atoms with Crippen LogP contribution in [-0.2, 0) is 9.53 Å². The second kappa shape index (κ2) is 7.96. The third kappa shape index (κ3) is 3.80. The van der Waals surface area contributed by atoms with Gasteiger partial charge in [-0.15, -0.1) is 5.92 Å². The van der Waals surface area contributed by atoms with E-state index in [1.54, 1.807) is 13.8 Å². The number of alkyl carbamates (subject to hydrolysis) is 1. The molecule has 0 aliphatic heterocycles. The van der Waals surface area contributed by atoms with E-state index in [1.807, 2.05) is 36.4 Å². The molecule has 0 bridgehead atoms. The molecular weight excluding hydrogens is 342 g/mol. The largest absolute Gasteiger partial charge is 0.480 e. The molecule has 0 saturated heterocycles. The minimum atomic E-state index is -1.14. The van der Waals surface area contributed by atoms with Gasteiger partial charge < -0.3 is 15.2 Å². The minimum Gasteiger partial charge on any atom is -0.480 e. The zero-order valence-corrected chi connectivity index (χ0v) is 15.2. The van der Waals surface area contributed by atoms with Crippen molar-refractivity contribution in [3.05, 3.63) is 59.7 Å². The van der Waals surface area contributed by atoms with E-state index in [-0.39, 0.29) is 12.5 Å². The maximum atomic E-state index is 12.2. The molecule has 2 aromatic carbocycles. The maximum absolute atomic E-state index is 12.2. The Balaban J connectivity index is 1.72. The quantitative estimate of drug-likeness (QED) is 0.796. The van der Waals surface area contributed by atoms with E-state index in [0.717, 1.165) is 22.3 Å². The van der Waals surface area contributed by atoms with Gasteiger partial charge in [0.1, 0.15) is 12.6 Å². The standard InChI is InChI=1S/C22H21NO4/c1-3-8-14(2)20(21(24)25)23-22(26)27-13-19-17-11-6-4-9-15(17)16-10-5-7-12-18(16)19/h4-7,9-12,14,19-20H,13H2,1-2H3,(H,23,26)(H,24,25)/t14-,20+/m1/s1. The van der Waals surface area contributed by atoms with E-state index >= 15 is 0 Å². The van der Waals surface area contributed by atoms with Crippen LogP contribution in [0.5, 0.6) is 0 Å². The summed E-state index contributed by atoms with van der Waals surface area (Å²) in [5.41, 5.74) is 4.48. The van der Waals surface area contributed by atoms with Crippen molar-refractivity contribution in [2.24, 2.45) is 5.92 Å². The molecule has 27 heavy (non-hydrogen) atoms. The number of hydrogen-bond acceptors (Lipinski definition) is 3. The van der Waals surface area contributed by atoms with Gasteiger partial charge in [-0.2, -0.15) is 0 Å². The molecule has 5 nitrogen and oxygen atoms in total. The van der Waals surface area contributed by atoms with Crippen molar-refractivity contribution < 1.29 is 19.4 Å². The molecule has 1 aliphatic carbocycles. The van der Waals surface area contributed by atoms with E-state index in [2.05, 4.69) is 29.3 Å². The van der Waals surface area contributed by atoms with Crippen LogP contribution < -0.4 is 5.32 Å². The number of carbonyl (C=O) groups excluding carboxylic acids is 1. The zero-order valence-electron chi connectivity index (χ0n) is 15.2. The SMILES string of the molecule is CC#C[C@@H](C)[C@H](NC(=O)OCC1c2ccccc2-c2ccccc21)C(=O)O. The Morgan fingerprint density at radius 1 is 1.11 bits per heavy atom. The molecule has 0 unspecified atom stereocenters. The Bertz CT molecular complexity index is 880. The topological polar surface area (TPSA) is 75.6 Å². The lowest BCUT2D eigenvalue weighted by molar-refractivity contribution is -0.140. The summed E-state index contributed by atoms with van der Waals surface area (Å²) in [4.78, 5) is 23.6. The molecule has 0 fully saturated rings. The Hall–Kier alpha value is -3.26. The van der Waals surface area contributed by atoms with Crippen LogP contribution in [-0.4, -0.2) is 29.8 Å². The fourth-order valence-corrected chi connectivity index (χ4v) is 3.48. The highest BCUT2D eigenvalue weighted by Gasteiger charge is 2.30. The van der Waals surface area contributed by atoms with E-state index in [4.69, 9.17) is 4.74 Å². The van der Waals surface area contributed by atoms with E-state index in [1.165, 1.54) is 0 Å². The van der Waals surface area contributed by atoms with Crippen molar-refractivity contribution in [2.45, 2.75) is 25.8 Å². The average molecular weight is 363 g/mol. The Morgan fingerprint density at radius 2 is 1.67 bits per heavy atom. The van der Waals surface area contributed by atoms with E-state index in [0.29, 0.717) is 0 Å². The van der Waals surface area contributed by atoms with Gasteiger partial charge in [-0.1, -0.05) is 54.5 Å². The van der Waals surface area contributed by atoms with Crippen LogP contribution in [0, 0.1) is 17.8 Å². The molecule has 0 saturated carbocycles. The summed E-state index contributed by atoms with van der Waals surface area (Å²) in [5.74, 6) is 3.69. The Labute approximate surface area is 158 Å². The van der Waals surface area contributed by atoms with Crippen molar-refractivity contribution in [2.75, 3.05) is 6.61 Å². The molecule has 3 rings (SSSR count). The van der Waals surface area contributed by atoms with E-state index in [9.17, 15) is 14.7 Å². The number of carboxylic acids is 1. The van der Waals surface area contributed by atoms with Crippen LogP contribution in [0.25, 0.3) is 11.1 Å². The number of rotatable bonds is 5. The van der Waals surface area contributed by atoms with E-state index < -0.39 is 24.0 Å². The molecular formula is C22H21NO4. The third-order valence-electron chi connectivity index (χ3n) is 4.76. The number of benzene rings is 2. The van der Waals surface area contributed by atoms with Gasteiger partial charge in [-0.05, 0) is 36.1 Å². The summed E-state index contributed by atoms with van der Waals surface area (Å²) in [5, 5.41) is 11.7. The molecule has 138 valence electrons. The molecule has 0 heterocycles. The molecule has 2 aromatic rings. The van der Waals surface area contributed by atoms with Crippen LogP contribution in [0.2, 0.25) is 0 Å². The summed E-state index contributed by atoms with van der Waals surface area (Å²) in [7, 11) is 0. The summed E-state index contributed by atoms with van der Waals surface area (Å²) in [6.07, 6.45) is -0.756. The van der Waals surface area contributed by atoms with Crippen LogP contribution in [0.4, 0.5) is 4.79 Å². The van der Waals surface area contributed by atoms with Crippen molar-refractivity contribution in [1.29, 1.82) is 0 Å². The van der Waals surface area contributed by atoms with Crippen LogP contribution >= 0.6 is 0 Å². The summed E-state index contributed by atoms with van der Waals surface area (Å²) in [6.45, 7) is 3.42. The predicted octanol–water partition coefficient (Wildman–Crippen LogP) is 3.64. The highest BCUT2D eigenvalue weighted by Crippen LogP contribution is 2.44. The third-order valence-corrected chi connectivity index (χ3v) is 4.76. The number of nitrogens with one attached hydrogen (secondary N) is 1. The van der Waals surface area contributed by atoms with Crippen molar-refractivity contribution in [3.8, 4) is 23.0 Å². The first-order valence-electron chi connectivity index (χ1n) is 8.79. The lowest BCUT2D eigenvalue weighted by atomic mass is 9.98. The van der Waals surface area contributed by atoms with Gasteiger partial charge in [0.05, 0.1) is 0 Å². The lowest BCUT2D eigenvalue weighted by Gasteiger charge is -2.19. The van der Waals surface area contributed by atoms with Crippen LogP contribution in [0.3, 0.4) is 0 Å². The van der Waals surface area contributed by atoms with Gasteiger partial charge in [-0.25, -0.2) is 9.59 Å². The van der Waals surface area contributed by atoms with Gasteiger partial charge in [0.25, 0.3) is 0 Å². The van der Waals surface area contributed by atoms with Gasteiger partial charge in [0.2, 0.25) is 0 Å². The predicted molar refractivity (Wildman–Crippen MR) is 102 cm³/mol. The fraction of sp³-hybridized carbons (Fsp3) is 0.273. The van der Waals surface area contributed by atoms with Gasteiger partial charge in [-0.3, -0.25) is 0 Å².